The van der Waals surface area contributed by atoms with Crippen LogP contribution < -0.4 is 10.5 Å². The van der Waals surface area contributed by atoms with E-state index >= 15 is 0 Å². The maximum atomic E-state index is 11.0. The summed E-state index contributed by atoms with van der Waals surface area (Å²) in [6.07, 6.45) is 1.17. The zero-order valence-corrected chi connectivity index (χ0v) is 11.4. The molecule has 0 saturated carbocycles. The van der Waals surface area contributed by atoms with Gasteiger partial charge in [0.2, 0.25) is 0 Å². The second-order valence-corrected chi connectivity index (χ2v) is 6.65. The van der Waals surface area contributed by atoms with Crippen LogP contribution in [0.2, 0.25) is 5.02 Å². The molecule has 0 aliphatic carbocycles. The SMILES string of the molecule is C[C@H](N)c1cc(Cl)ccc1OCCS(C)(=O)=O. The fraction of sp³-hybridized carbons (Fsp3) is 0.455. The molecule has 0 aliphatic heterocycles. The minimum atomic E-state index is -3.02. The third-order valence-corrected chi connectivity index (χ3v) is 3.32. The van der Waals surface area contributed by atoms with E-state index in [0.717, 1.165) is 5.56 Å². The minimum absolute atomic E-state index is 0.0198. The number of nitrogens with two attached hydrogens (primary N) is 1. The summed E-state index contributed by atoms with van der Waals surface area (Å²) < 4.78 is 27.3. The number of hydrogen-bond acceptors (Lipinski definition) is 4. The Morgan fingerprint density at radius 1 is 1.47 bits per heavy atom. The first-order valence-corrected chi connectivity index (χ1v) is 7.59. The van der Waals surface area contributed by atoms with Crippen LogP contribution in [0, 0.1) is 0 Å². The third-order valence-electron chi connectivity index (χ3n) is 2.17. The smallest absolute Gasteiger partial charge is 0.150 e. The Bertz CT molecular complexity index is 485. The van der Waals surface area contributed by atoms with Gasteiger partial charge < -0.3 is 10.5 Å². The average Bonchev–Trinajstić information content (AvgIpc) is 2.18. The summed E-state index contributed by atoms with van der Waals surface area (Å²) in [5.41, 5.74) is 6.55. The Hall–Kier alpha value is -0.780. The Morgan fingerprint density at radius 2 is 2.12 bits per heavy atom. The number of benzene rings is 1. The van der Waals surface area contributed by atoms with Crippen molar-refractivity contribution in [1.29, 1.82) is 0 Å². The van der Waals surface area contributed by atoms with E-state index in [1.54, 1.807) is 18.2 Å². The van der Waals surface area contributed by atoms with E-state index in [1.807, 2.05) is 6.92 Å². The molecule has 0 amide bonds. The molecule has 0 bridgehead atoms. The molecule has 17 heavy (non-hydrogen) atoms. The maximum absolute atomic E-state index is 11.0. The molecule has 0 saturated heterocycles. The number of hydrogen-bond donors (Lipinski definition) is 1. The fourth-order valence-corrected chi connectivity index (χ4v) is 1.88. The van der Waals surface area contributed by atoms with Crippen LogP contribution in [0.15, 0.2) is 18.2 Å². The van der Waals surface area contributed by atoms with Crippen molar-refractivity contribution in [1.82, 2.24) is 0 Å². The topological polar surface area (TPSA) is 69.4 Å². The normalized spacial score (nSPS) is 13.4. The molecule has 0 unspecified atom stereocenters. The van der Waals surface area contributed by atoms with Crippen molar-refractivity contribution in [3.8, 4) is 5.75 Å². The largest absolute Gasteiger partial charge is 0.492 e. The van der Waals surface area contributed by atoms with Gasteiger partial charge in [-0.1, -0.05) is 11.6 Å². The summed E-state index contributed by atoms with van der Waals surface area (Å²) in [6, 6.07) is 4.89. The van der Waals surface area contributed by atoms with Crippen LogP contribution in [-0.4, -0.2) is 27.0 Å². The summed E-state index contributed by atoms with van der Waals surface area (Å²) in [7, 11) is -3.02. The zero-order valence-electron chi connectivity index (χ0n) is 9.81. The Kier molecular flexibility index (Phi) is 4.80. The van der Waals surface area contributed by atoms with Crippen LogP contribution in [0.1, 0.15) is 18.5 Å². The summed E-state index contributed by atoms with van der Waals surface area (Å²) >= 11 is 5.86. The van der Waals surface area contributed by atoms with Crippen molar-refractivity contribution in [2.75, 3.05) is 18.6 Å². The van der Waals surface area contributed by atoms with Gasteiger partial charge >= 0.3 is 0 Å². The Balaban J connectivity index is 2.77. The van der Waals surface area contributed by atoms with Gasteiger partial charge in [0.15, 0.2) is 9.84 Å². The van der Waals surface area contributed by atoms with Gasteiger partial charge in [0.25, 0.3) is 0 Å². The van der Waals surface area contributed by atoms with E-state index in [2.05, 4.69) is 0 Å². The van der Waals surface area contributed by atoms with Crippen molar-refractivity contribution in [2.45, 2.75) is 13.0 Å². The summed E-state index contributed by atoms with van der Waals surface area (Å²) in [6.45, 7) is 1.93. The molecule has 0 aromatic heterocycles. The molecular formula is C11H16ClNO3S. The summed E-state index contributed by atoms with van der Waals surface area (Å²) in [5, 5.41) is 0.577. The van der Waals surface area contributed by atoms with Crippen molar-refractivity contribution in [3.05, 3.63) is 28.8 Å². The lowest BCUT2D eigenvalue weighted by Crippen LogP contribution is -2.14. The van der Waals surface area contributed by atoms with Gasteiger partial charge in [0, 0.05) is 22.9 Å². The third kappa shape index (κ3) is 4.93. The molecule has 0 spiro atoms. The first kappa shape index (κ1) is 14.3. The van der Waals surface area contributed by atoms with Crippen LogP contribution in [0.5, 0.6) is 5.75 Å². The number of sulfone groups is 1. The molecule has 1 aromatic carbocycles. The number of ether oxygens (including phenoxy) is 1. The predicted octanol–water partition coefficient (Wildman–Crippen LogP) is 1.78. The lowest BCUT2D eigenvalue weighted by molar-refractivity contribution is 0.335. The van der Waals surface area contributed by atoms with Gasteiger partial charge in [-0.2, -0.15) is 0 Å². The van der Waals surface area contributed by atoms with E-state index in [0.29, 0.717) is 10.8 Å². The molecule has 6 heteroatoms. The average molecular weight is 278 g/mol. The summed E-state index contributed by atoms with van der Waals surface area (Å²) in [5.74, 6) is 0.557. The highest BCUT2D eigenvalue weighted by atomic mass is 35.5. The van der Waals surface area contributed by atoms with Crippen molar-refractivity contribution >= 4 is 21.4 Å². The van der Waals surface area contributed by atoms with Gasteiger partial charge in [0.05, 0.1) is 5.75 Å². The Labute approximate surface area is 107 Å². The van der Waals surface area contributed by atoms with Crippen LogP contribution in [0.3, 0.4) is 0 Å². The minimum Gasteiger partial charge on any atom is -0.492 e. The molecule has 1 aromatic rings. The van der Waals surface area contributed by atoms with E-state index in [9.17, 15) is 8.42 Å². The molecule has 2 N–H and O–H groups in total. The summed E-state index contributed by atoms with van der Waals surface area (Å²) in [4.78, 5) is 0. The zero-order chi connectivity index (χ0) is 13.1. The van der Waals surface area contributed by atoms with Gasteiger partial charge in [-0.05, 0) is 25.1 Å². The lowest BCUT2D eigenvalue weighted by Gasteiger charge is -2.14. The maximum Gasteiger partial charge on any atom is 0.150 e. The van der Waals surface area contributed by atoms with Gasteiger partial charge in [-0.3, -0.25) is 0 Å². The van der Waals surface area contributed by atoms with E-state index in [-0.39, 0.29) is 18.4 Å². The predicted molar refractivity (Wildman–Crippen MR) is 69.3 cm³/mol. The van der Waals surface area contributed by atoms with Crippen LogP contribution in [0.4, 0.5) is 0 Å². The van der Waals surface area contributed by atoms with E-state index in [1.165, 1.54) is 6.26 Å². The molecule has 0 heterocycles. The molecule has 0 fully saturated rings. The quantitative estimate of drug-likeness (QED) is 0.891. The molecule has 96 valence electrons. The molecule has 1 rings (SSSR count). The molecule has 4 nitrogen and oxygen atoms in total. The van der Waals surface area contributed by atoms with E-state index in [4.69, 9.17) is 22.1 Å². The van der Waals surface area contributed by atoms with Crippen LogP contribution in [-0.2, 0) is 9.84 Å². The molecule has 1 atom stereocenters. The van der Waals surface area contributed by atoms with Crippen molar-refractivity contribution in [2.24, 2.45) is 5.73 Å². The van der Waals surface area contributed by atoms with E-state index < -0.39 is 9.84 Å². The van der Waals surface area contributed by atoms with Crippen LogP contribution in [0.25, 0.3) is 0 Å². The highest BCUT2D eigenvalue weighted by Gasteiger charge is 2.10. The lowest BCUT2D eigenvalue weighted by atomic mass is 10.1. The Morgan fingerprint density at radius 3 is 2.65 bits per heavy atom. The molecule has 0 radical (unpaired) electrons. The first-order valence-electron chi connectivity index (χ1n) is 5.15. The van der Waals surface area contributed by atoms with Crippen LogP contribution >= 0.6 is 11.6 Å². The first-order chi connectivity index (χ1) is 7.79. The number of rotatable bonds is 5. The highest BCUT2D eigenvalue weighted by molar-refractivity contribution is 7.90. The highest BCUT2D eigenvalue weighted by Crippen LogP contribution is 2.27. The standard InChI is InChI=1S/C11H16ClNO3S/c1-8(13)10-7-9(12)3-4-11(10)16-5-6-17(2,14)15/h3-4,7-8H,5-6,13H2,1-2H3/t8-/m0/s1. The second kappa shape index (κ2) is 5.71. The number of halogens is 1. The molecule has 0 aliphatic rings. The second-order valence-electron chi connectivity index (χ2n) is 3.95. The monoisotopic (exact) mass is 277 g/mol. The fourth-order valence-electron chi connectivity index (χ4n) is 1.31. The van der Waals surface area contributed by atoms with Crippen molar-refractivity contribution < 1.29 is 13.2 Å². The molecular weight excluding hydrogens is 262 g/mol. The van der Waals surface area contributed by atoms with Gasteiger partial charge in [0.1, 0.15) is 12.4 Å². The van der Waals surface area contributed by atoms with Crippen molar-refractivity contribution in [3.63, 3.8) is 0 Å². The van der Waals surface area contributed by atoms with Gasteiger partial charge in [-0.25, -0.2) is 8.42 Å². The van der Waals surface area contributed by atoms with Gasteiger partial charge in [-0.15, -0.1) is 0 Å².